The van der Waals surface area contributed by atoms with Gasteiger partial charge in [0.2, 0.25) is 0 Å². The average molecular weight is 340 g/mol. The van der Waals surface area contributed by atoms with Crippen LogP contribution in [0.15, 0.2) is 42.5 Å². The van der Waals surface area contributed by atoms with Gasteiger partial charge in [-0.2, -0.15) is 0 Å². The highest BCUT2D eigenvalue weighted by molar-refractivity contribution is 5.88. The van der Waals surface area contributed by atoms with E-state index in [9.17, 15) is 4.79 Å². The van der Waals surface area contributed by atoms with Crippen LogP contribution in [0.25, 0.3) is 6.08 Å². The maximum absolute atomic E-state index is 12.0. The fourth-order valence-electron chi connectivity index (χ4n) is 2.45. The molecule has 4 nitrogen and oxygen atoms in total. The Hall–Kier alpha value is -2.75. The van der Waals surface area contributed by atoms with E-state index in [1.807, 2.05) is 64.1 Å². The Bertz CT molecular complexity index is 755. The van der Waals surface area contributed by atoms with E-state index in [4.69, 9.17) is 14.2 Å². The molecule has 4 heteroatoms. The van der Waals surface area contributed by atoms with Crippen molar-refractivity contribution in [2.75, 3.05) is 7.11 Å². The topological polar surface area (TPSA) is 44.8 Å². The third-order valence-electron chi connectivity index (χ3n) is 3.38. The molecule has 0 unspecified atom stereocenters. The minimum absolute atomic E-state index is 0.0584. The van der Waals surface area contributed by atoms with Gasteiger partial charge in [0.1, 0.15) is 5.75 Å². The lowest BCUT2D eigenvalue weighted by atomic mass is 10.1. The fourth-order valence-corrected chi connectivity index (χ4v) is 2.45. The molecule has 0 saturated heterocycles. The predicted molar refractivity (Wildman–Crippen MR) is 99.3 cm³/mol. The fraction of sp³-hybridized carbons (Fsp3) is 0.286. The van der Waals surface area contributed by atoms with Gasteiger partial charge in [0.05, 0.1) is 13.2 Å². The third-order valence-corrected chi connectivity index (χ3v) is 3.38. The van der Waals surface area contributed by atoms with Crippen molar-refractivity contribution in [3.05, 3.63) is 59.2 Å². The van der Waals surface area contributed by atoms with Crippen molar-refractivity contribution in [2.45, 2.75) is 33.8 Å². The van der Waals surface area contributed by atoms with E-state index in [1.165, 1.54) is 6.08 Å². The summed E-state index contributed by atoms with van der Waals surface area (Å²) in [5, 5.41) is 0. The van der Waals surface area contributed by atoms with Gasteiger partial charge < -0.3 is 14.2 Å². The molecular weight excluding hydrogens is 316 g/mol. The molecule has 0 aliphatic carbocycles. The molecule has 0 atom stereocenters. The molecule has 2 aromatic rings. The number of benzene rings is 2. The largest absolute Gasteiger partial charge is 0.493 e. The number of carbonyl (C=O) groups excluding carboxylic acids is 1. The minimum atomic E-state index is -0.425. The van der Waals surface area contributed by atoms with Crippen LogP contribution in [0.2, 0.25) is 0 Å². The lowest BCUT2D eigenvalue weighted by Crippen LogP contribution is -2.06. The van der Waals surface area contributed by atoms with Crippen molar-refractivity contribution in [1.82, 2.24) is 0 Å². The van der Waals surface area contributed by atoms with Gasteiger partial charge in [-0.25, -0.2) is 4.79 Å². The molecule has 0 saturated carbocycles. The summed E-state index contributed by atoms with van der Waals surface area (Å²) in [5.74, 6) is 1.42. The number of carbonyl (C=O) groups is 1. The molecule has 0 aromatic heterocycles. The zero-order valence-corrected chi connectivity index (χ0v) is 15.3. The molecule has 132 valence electrons. The van der Waals surface area contributed by atoms with E-state index in [2.05, 4.69) is 0 Å². The first-order valence-electron chi connectivity index (χ1n) is 8.20. The van der Waals surface area contributed by atoms with Crippen LogP contribution in [0.3, 0.4) is 0 Å². The number of rotatable bonds is 6. The molecule has 2 aromatic carbocycles. The van der Waals surface area contributed by atoms with E-state index in [0.717, 1.165) is 16.7 Å². The molecule has 0 bridgehead atoms. The van der Waals surface area contributed by atoms with Crippen LogP contribution in [0.5, 0.6) is 17.2 Å². The first-order valence-corrected chi connectivity index (χ1v) is 8.20. The molecule has 0 fully saturated rings. The standard InChI is InChI=1S/C21H24O4/c1-14(2)24-19-8-6-17(13-20(19)23-5)7-9-21(22)25-18-11-15(3)10-16(4)12-18/h6-14H,1-5H3/b9-7+. The highest BCUT2D eigenvalue weighted by atomic mass is 16.5. The molecule has 0 aliphatic rings. The first-order chi connectivity index (χ1) is 11.9. The second-order valence-electron chi connectivity index (χ2n) is 6.15. The second kappa shape index (κ2) is 8.38. The summed E-state index contributed by atoms with van der Waals surface area (Å²) in [5.41, 5.74) is 2.93. The Morgan fingerprint density at radius 1 is 1.00 bits per heavy atom. The molecule has 0 spiro atoms. The summed E-state index contributed by atoms with van der Waals surface area (Å²) in [6.45, 7) is 7.84. The van der Waals surface area contributed by atoms with Gasteiger partial charge in [-0.05, 0) is 74.7 Å². The summed E-state index contributed by atoms with van der Waals surface area (Å²) in [7, 11) is 1.59. The molecule has 0 heterocycles. The molecule has 25 heavy (non-hydrogen) atoms. The van der Waals surface area contributed by atoms with Crippen LogP contribution in [-0.4, -0.2) is 19.2 Å². The lowest BCUT2D eigenvalue weighted by molar-refractivity contribution is -0.128. The third kappa shape index (κ3) is 5.68. The van der Waals surface area contributed by atoms with Gasteiger partial charge in [-0.1, -0.05) is 12.1 Å². The maximum atomic E-state index is 12.0. The predicted octanol–water partition coefficient (Wildman–Crippen LogP) is 4.72. The number of ether oxygens (including phenoxy) is 3. The highest BCUT2D eigenvalue weighted by Gasteiger charge is 2.07. The summed E-state index contributed by atoms with van der Waals surface area (Å²) >= 11 is 0. The second-order valence-corrected chi connectivity index (χ2v) is 6.15. The van der Waals surface area contributed by atoms with Crippen molar-refractivity contribution >= 4 is 12.0 Å². The normalized spacial score (nSPS) is 11.0. The average Bonchev–Trinajstić information content (AvgIpc) is 2.52. The van der Waals surface area contributed by atoms with Crippen molar-refractivity contribution in [3.8, 4) is 17.2 Å². The van der Waals surface area contributed by atoms with Gasteiger partial charge in [0.15, 0.2) is 11.5 Å². The molecule has 2 rings (SSSR count). The Morgan fingerprint density at radius 3 is 2.28 bits per heavy atom. The SMILES string of the molecule is COc1cc(/C=C/C(=O)Oc2cc(C)cc(C)c2)ccc1OC(C)C. The summed E-state index contributed by atoms with van der Waals surface area (Å²) in [6, 6.07) is 11.2. The lowest BCUT2D eigenvalue weighted by Gasteiger charge is -2.13. The van der Waals surface area contributed by atoms with Crippen LogP contribution in [0, 0.1) is 13.8 Å². The van der Waals surface area contributed by atoms with Crippen LogP contribution >= 0.6 is 0 Å². The van der Waals surface area contributed by atoms with Crippen molar-refractivity contribution in [1.29, 1.82) is 0 Å². The maximum Gasteiger partial charge on any atom is 0.336 e. The smallest absolute Gasteiger partial charge is 0.336 e. The van der Waals surface area contributed by atoms with Crippen LogP contribution in [0.4, 0.5) is 0 Å². The molecular formula is C21H24O4. The molecule has 0 N–H and O–H groups in total. The Morgan fingerprint density at radius 2 is 1.68 bits per heavy atom. The molecule has 0 amide bonds. The number of esters is 1. The molecule has 0 radical (unpaired) electrons. The van der Waals surface area contributed by atoms with Crippen LogP contribution < -0.4 is 14.2 Å². The van der Waals surface area contributed by atoms with Crippen molar-refractivity contribution < 1.29 is 19.0 Å². The van der Waals surface area contributed by atoms with Crippen LogP contribution in [-0.2, 0) is 4.79 Å². The Balaban J connectivity index is 2.08. The number of aryl methyl sites for hydroxylation is 2. The molecule has 0 aliphatic heterocycles. The first kappa shape index (κ1) is 18.6. The van der Waals surface area contributed by atoms with Gasteiger partial charge in [-0.3, -0.25) is 0 Å². The van der Waals surface area contributed by atoms with Crippen LogP contribution in [0.1, 0.15) is 30.5 Å². The Labute approximate surface area is 149 Å². The van der Waals surface area contributed by atoms with Gasteiger partial charge in [0, 0.05) is 6.08 Å². The number of hydrogen-bond acceptors (Lipinski definition) is 4. The van der Waals surface area contributed by atoms with E-state index >= 15 is 0 Å². The van der Waals surface area contributed by atoms with Gasteiger partial charge in [-0.15, -0.1) is 0 Å². The zero-order chi connectivity index (χ0) is 18.4. The summed E-state index contributed by atoms with van der Waals surface area (Å²) in [6.07, 6.45) is 3.14. The van der Waals surface area contributed by atoms with Crippen molar-refractivity contribution in [2.24, 2.45) is 0 Å². The number of methoxy groups -OCH3 is 1. The number of hydrogen-bond donors (Lipinski definition) is 0. The quantitative estimate of drug-likeness (QED) is 0.434. The van der Waals surface area contributed by atoms with E-state index < -0.39 is 5.97 Å². The summed E-state index contributed by atoms with van der Waals surface area (Å²) in [4.78, 5) is 12.0. The summed E-state index contributed by atoms with van der Waals surface area (Å²) < 4.78 is 16.4. The van der Waals surface area contributed by atoms with Gasteiger partial charge in [0.25, 0.3) is 0 Å². The van der Waals surface area contributed by atoms with Crippen molar-refractivity contribution in [3.63, 3.8) is 0 Å². The monoisotopic (exact) mass is 340 g/mol. The van der Waals surface area contributed by atoms with Gasteiger partial charge >= 0.3 is 5.97 Å². The zero-order valence-electron chi connectivity index (χ0n) is 15.3. The van der Waals surface area contributed by atoms with E-state index in [0.29, 0.717) is 17.2 Å². The van der Waals surface area contributed by atoms with E-state index in [1.54, 1.807) is 13.2 Å². The minimum Gasteiger partial charge on any atom is -0.493 e. The Kier molecular flexibility index (Phi) is 6.23. The van der Waals surface area contributed by atoms with E-state index in [-0.39, 0.29) is 6.10 Å². The highest BCUT2D eigenvalue weighted by Crippen LogP contribution is 2.29.